The zero-order valence-electron chi connectivity index (χ0n) is 10.8. The van der Waals surface area contributed by atoms with Crippen LogP contribution in [0.5, 0.6) is 0 Å². The van der Waals surface area contributed by atoms with Crippen LogP contribution in [0.4, 0.5) is 0 Å². The van der Waals surface area contributed by atoms with Crippen molar-refractivity contribution in [1.82, 2.24) is 5.32 Å². The van der Waals surface area contributed by atoms with E-state index >= 15 is 0 Å². The zero-order chi connectivity index (χ0) is 11.4. The summed E-state index contributed by atoms with van der Waals surface area (Å²) in [5.41, 5.74) is 0. The molecular formula is C13H29NO. The van der Waals surface area contributed by atoms with Crippen LogP contribution in [-0.2, 0) is 4.74 Å². The van der Waals surface area contributed by atoms with Gasteiger partial charge in [-0.2, -0.15) is 0 Å². The summed E-state index contributed by atoms with van der Waals surface area (Å²) in [6.45, 7) is 10.6. The highest BCUT2D eigenvalue weighted by Gasteiger charge is 2.04. The van der Waals surface area contributed by atoms with Crippen LogP contribution in [0, 0.1) is 5.92 Å². The molecule has 0 aromatic heterocycles. The zero-order valence-corrected chi connectivity index (χ0v) is 10.8. The number of ether oxygens (including phenoxy) is 1. The van der Waals surface area contributed by atoms with Crippen molar-refractivity contribution >= 4 is 0 Å². The Morgan fingerprint density at radius 3 is 2.47 bits per heavy atom. The number of hydrogen-bond donors (Lipinski definition) is 1. The van der Waals surface area contributed by atoms with Crippen molar-refractivity contribution < 1.29 is 4.74 Å². The molecule has 0 aromatic rings. The summed E-state index contributed by atoms with van der Waals surface area (Å²) < 4.78 is 5.42. The van der Waals surface area contributed by atoms with E-state index in [1.54, 1.807) is 0 Å². The lowest BCUT2D eigenvalue weighted by Gasteiger charge is -2.15. The van der Waals surface area contributed by atoms with Gasteiger partial charge < -0.3 is 10.1 Å². The molecule has 0 spiro atoms. The third-order valence-corrected chi connectivity index (χ3v) is 2.75. The van der Waals surface area contributed by atoms with Crippen molar-refractivity contribution in [2.75, 3.05) is 26.3 Å². The lowest BCUT2D eigenvalue weighted by molar-refractivity contribution is 0.135. The molecule has 0 radical (unpaired) electrons. The molecule has 0 heterocycles. The number of unbranched alkanes of at least 4 members (excludes halogenated alkanes) is 1. The van der Waals surface area contributed by atoms with Crippen LogP contribution in [0.25, 0.3) is 0 Å². The molecule has 0 rings (SSSR count). The quantitative estimate of drug-likeness (QED) is 0.534. The molecule has 0 fully saturated rings. The molecule has 1 atom stereocenters. The summed E-state index contributed by atoms with van der Waals surface area (Å²) in [6.07, 6.45) is 6.47. The van der Waals surface area contributed by atoms with Gasteiger partial charge in [0.1, 0.15) is 0 Å². The Morgan fingerprint density at radius 1 is 1.07 bits per heavy atom. The Balaban J connectivity index is 3.22. The van der Waals surface area contributed by atoms with Crippen molar-refractivity contribution in [2.24, 2.45) is 5.92 Å². The van der Waals surface area contributed by atoms with E-state index in [0.29, 0.717) is 0 Å². The number of nitrogens with one attached hydrogen (secondary N) is 1. The van der Waals surface area contributed by atoms with Gasteiger partial charge in [-0.05, 0) is 25.3 Å². The van der Waals surface area contributed by atoms with Gasteiger partial charge in [-0.25, -0.2) is 0 Å². The summed E-state index contributed by atoms with van der Waals surface area (Å²) in [5, 5.41) is 3.48. The lowest BCUT2D eigenvalue weighted by Crippen LogP contribution is -2.26. The van der Waals surface area contributed by atoms with Crippen molar-refractivity contribution in [3.8, 4) is 0 Å². The smallest absolute Gasteiger partial charge is 0.0590 e. The van der Waals surface area contributed by atoms with Crippen LogP contribution >= 0.6 is 0 Å². The third kappa shape index (κ3) is 10.2. The molecule has 15 heavy (non-hydrogen) atoms. The second-order valence-corrected chi connectivity index (χ2v) is 4.23. The van der Waals surface area contributed by atoms with Crippen LogP contribution in [0.2, 0.25) is 0 Å². The second-order valence-electron chi connectivity index (χ2n) is 4.23. The summed E-state index contributed by atoms with van der Waals surface area (Å²) in [6, 6.07) is 0. The average Bonchev–Trinajstić information content (AvgIpc) is 2.27. The van der Waals surface area contributed by atoms with Gasteiger partial charge >= 0.3 is 0 Å². The first-order valence-corrected chi connectivity index (χ1v) is 6.63. The van der Waals surface area contributed by atoms with Gasteiger partial charge in [0.15, 0.2) is 0 Å². The highest BCUT2D eigenvalue weighted by atomic mass is 16.5. The number of hydrogen-bond acceptors (Lipinski definition) is 2. The van der Waals surface area contributed by atoms with Gasteiger partial charge in [0.05, 0.1) is 6.61 Å². The molecule has 2 heteroatoms. The number of rotatable bonds is 11. The topological polar surface area (TPSA) is 21.3 Å². The van der Waals surface area contributed by atoms with E-state index in [0.717, 1.165) is 38.6 Å². The van der Waals surface area contributed by atoms with Crippen molar-refractivity contribution in [1.29, 1.82) is 0 Å². The van der Waals surface area contributed by atoms with Gasteiger partial charge in [-0.15, -0.1) is 0 Å². The highest BCUT2D eigenvalue weighted by molar-refractivity contribution is 4.60. The molecule has 2 nitrogen and oxygen atoms in total. The molecule has 0 bridgehead atoms. The van der Waals surface area contributed by atoms with Crippen LogP contribution < -0.4 is 5.32 Å². The van der Waals surface area contributed by atoms with Crippen LogP contribution in [-0.4, -0.2) is 26.3 Å². The minimum absolute atomic E-state index is 0.858. The predicted octanol–water partition coefficient (Wildman–Crippen LogP) is 3.22. The second kappa shape index (κ2) is 12.0. The van der Waals surface area contributed by atoms with E-state index in [-0.39, 0.29) is 0 Å². The maximum absolute atomic E-state index is 5.42. The van der Waals surface area contributed by atoms with E-state index in [1.165, 1.54) is 25.7 Å². The van der Waals surface area contributed by atoms with Gasteiger partial charge in [-0.1, -0.05) is 40.0 Å². The van der Waals surface area contributed by atoms with Gasteiger partial charge in [-0.3, -0.25) is 0 Å². The SMILES string of the molecule is CCCCC(CC)CNCCOCCC. The fraction of sp³-hybridized carbons (Fsp3) is 1.00. The fourth-order valence-electron chi connectivity index (χ4n) is 1.64. The molecule has 92 valence electrons. The van der Waals surface area contributed by atoms with E-state index in [1.807, 2.05) is 0 Å². The summed E-state index contributed by atoms with van der Waals surface area (Å²) in [5.74, 6) is 0.858. The lowest BCUT2D eigenvalue weighted by atomic mass is 9.99. The van der Waals surface area contributed by atoms with Crippen LogP contribution in [0.1, 0.15) is 52.9 Å². The Labute approximate surface area is 95.8 Å². The monoisotopic (exact) mass is 215 g/mol. The molecule has 1 N–H and O–H groups in total. The van der Waals surface area contributed by atoms with E-state index in [4.69, 9.17) is 4.74 Å². The minimum atomic E-state index is 0.858. The van der Waals surface area contributed by atoms with Crippen molar-refractivity contribution in [3.05, 3.63) is 0 Å². The Bertz CT molecular complexity index is 117. The standard InChI is InChI=1S/C13H29NO/c1-4-7-8-13(6-3)12-14-9-11-15-10-5-2/h13-14H,4-12H2,1-3H3. The van der Waals surface area contributed by atoms with Gasteiger partial charge in [0.2, 0.25) is 0 Å². The Hall–Kier alpha value is -0.0800. The van der Waals surface area contributed by atoms with E-state index in [2.05, 4.69) is 26.1 Å². The first kappa shape index (κ1) is 14.9. The summed E-state index contributed by atoms with van der Waals surface area (Å²) in [7, 11) is 0. The molecule has 0 aliphatic rings. The first-order chi connectivity index (χ1) is 7.35. The molecule has 0 aliphatic carbocycles. The minimum Gasteiger partial charge on any atom is -0.380 e. The maximum Gasteiger partial charge on any atom is 0.0590 e. The van der Waals surface area contributed by atoms with Crippen molar-refractivity contribution in [2.45, 2.75) is 52.9 Å². The van der Waals surface area contributed by atoms with Gasteiger partial charge in [0, 0.05) is 13.2 Å². The largest absolute Gasteiger partial charge is 0.380 e. The molecule has 0 saturated heterocycles. The third-order valence-electron chi connectivity index (χ3n) is 2.75. The van der Waals surface area contributed by atoms with Crippen LogP contribution in [0.3, 0.4) is 0 Å². The van der Waals surface area contributed by atoms with Crippen molar-refractivity contribution in [3.63, 3.8) is 0 Å². The first-order valence-electron chi connectivity index (χ1n) is 6.63. The summed E-state index contributed by atoms with van der Waals surface area (Å²) >= 11 is 0. The Morgan fingerprint density at radius 2 is 1.87 bits per heavy atom. The molecular weight excluding hydrogens is 186 g/mol. The highest BCUT2D eigenvalue weighted by Crippen LogP contribution is 2.10. The summed E-state index contributed by atoms with van der Waals surface area (Å²) in [4.78, 5) is 0. The fourth-order valence-corrected chi connectivity index (χ4v) is 1.64. The van der Waals surface area contributed by atoms with Crippen LogP contribution in [0.15, 0.2) is 0 Å². The Kier molecular flexibility index (Phi) is 11.9. The molecule has 0 aromatic carbocycles. The molecule has 1 unspecified atom stereocenters. The maximum atomic E-state index is 5.42. The predicted molar refractivity (Wildman–Crippen MR) is 67.3 cm³/mol. The normalized spacial score (nSPS) is 13.0. The molecule has 0 amide bonds. The molecule has 0 saturated carbocycles. The molecule has 0 aliphatic heterocycles. The van der Waals surface area contributed by atoms with E-state index < -0.39 is 0 Å². The van der Waals surface area contributed by atoms with Gasteiger partial charge in [0.25, 0.3) is 0 Å². The average molecular weight is 215 g/mol. The van der Waals surface area contributed by atoms with E-state index in [9.17, 15) is 0 Å².